The van der Waals surface area contributed by atoms with Crippen molar-refractivity contribution in [1.29, 1.82) is 0 Å². The van der Waals surface area contributed by atoms with Crippen molar-refractivity contribution in [2.75, 3.05) is 11.9 Å². The maximum absolute atomic E-state index is 11.5. The molecule has 0 saturated carbocycles. The van der Waals surface area contributed by atoms with Crippen LogP contribution in [0.5, 0.6) is 0 Å². The van der Waals surface area contributed by atoms with E-state index >= 15 is 0 Å². The number of nitrogens with one attached hydrogen (secondary N) is 2. The maximum atomic E-state index is 11.5. The van der Waals surface area contributed by atoms with E-state index in [1.165, 1.54) is 6.07 Å². The molecule has 0 bridgehead atoms. The molecule has 0 radical (unpaired) electrons. The summed E-state index contributed by atoms with van der Waals surface area (Å²) in [6.45, 7) is 6.80. The third kappa shape index (κ3) is 2.85. The minimum atomic E-state index is -0.113. The Morgan fingerprint density at radius 1 is 1.59 bits per heavy atom. The van der Waals surface area contributed by atoms with Gasteiger partial charge in [-0.3, -0.25) is 4.79 Å². The van der Waals surface area contributed by atoms with Crippen LogP contribution in [0.3, 0.4) is 0 Å². The van der Waals surface area contributed by atoms with Crippen molar-refractivity contribution in [3.05, 3.63) is 22.2 Å². The van der Waals surface area contributed by atoms with Gasteiger partial charge in [-0.15, -0.1) is 0 Å². The number of H-pyrrole nitrogens is 1. The van der Waals surface area contributed by atoms with Crippen LogP contribution in [0.2, 0.25) is 0 Å². The van der Waals surface area contributed by atoms with Gasteiger partial charge in [0.05, 0.1) is 12.1 Å². The van der Waals surface area contributed by atoms with Crippen LogP contribution in [0.25, 0.3) is 0 Å². The molecule has 0 spiro atoms. The Morgan fingerprint density at radius 3 is 2.94 bits per heavy atom. The van der Waals surface area contributed by atoms with Gasteiger partial charge in [0.2, 0.25) is 0 Å². The summed E-state index contributed by atoms with van der Waals surface area (Å²) < 4.78 is 5.47. The predicted molar refractivity (Wildman–Crippen MR) is 66.4 cm³/mol. The predicted octanol–water partition coefficient (Wildman–Crippen LogP) is 1.48. The van der Waals surface area contributed by atoms with Crippen LogP contribution in [0.4, 0.5) is 5.82 Å². The monoisotopic (exact) mass is 237 g/mol. The number of ether oxygens (including phenoxy) is 1. The zero-order valence-corrected chi connectivity index (χ0v) is 10.5. The minimum absolute atomic E-state index is 0.113. The molecule has 2 N–H and O–H groups in total. The van der Waals surface area contributed by atoms with Crippen molar-refractivity contribution in [2.45, 2.75) is 45.3 Å². The van der Waals surface area contributed by atoms with Gasteiger partial charge in [-0.25, -0.2) is 4.98 Å². The molecule has 17 heavy (non-hydrogen) atoms. The summed E-state index contributed by atoms with van der Waals surface area (Å²) in [5.41, 5.74) is -0.113. The molecule has 5 nitrogen and oxygen atoms in total. The van der Waals surface area contributed by atoms with Crippen LogP contribution in [0.15, 0.2) is 10.9 Å². The highest BCUT2D eigenvalue weighted by molar-refractivity contribution is 5.35. The van der Waals surface area contributed by atoms with Crippen molar-refractivity contribution >= 4 is 5.82 Å². The molecule has 0 aromatic carbocycles. The zero-order chi connectivity index (χ0) is 12.4. The Kier molecular flexibility index (Phi) is 3.47. The van der Waals surface area contributed by atoms with Crippen LogP contribution in [0, 0.1) is 0 Å². The second kappa shape index (κ2) is 4.87. The number of aromatic nitrogens is 2. The van der Waals surface area contributed by atoms with Gasteiger partial charge in [-0.1, -0.05) is 13.8 Å². The molecule has 1 aliphatic rings. The van der Waals surface area contributed by atoms with Crippen LogP contribution < -0.4 is 10.9 Å². The Balaban J connectivity index is 2.18. The fourth-order valence-corrected chi connectivity index (χ4v) is 1.94. The normalized spacial score (nSPS) is 24.2. The lowest BCUT2D eigenvalue weighted by atomic mass is 10.1. The number of hydrogen-bond acceptors (Lipinski definition) is 4. The zero-order valence-electron chi connectivity index (χ0n) is 10.5. The molecule has 1 aliphatic heterocycles. The van der Waals surface area contributed by atoms with E-state index in [2.05, 4.69) is 15.3 Å². The highest BCUT2D eigenvalue weighted by Crippen LogP contribution is 2.17. The smallest absolute Gasteiger partial charge is 0.252 e. The highest BCUT2D eigenvalue weighted by atomic mass is 16.5. The molecule has 0 amide bonds. The summed E-state index contributed by atoms with van der Waals surface area (Å²) in [6, 6.07) is 1.74. The van der Waals surface area contributed by atoms with Crippen molar-refractivity contribution in [3.8, 4) is 0 Å². The molecule has 2 atom stereocenters. The van der Waals surface area contributed by atoms with Gasteiger partial charge < -0.3 is 15.0 Å². The van der Waals surface area contributed by atoms with Gasteiger partial charge >= 0.3 is 0 Å². The molecule has 2 rings (SSSR count). The van der Waals surface area contributed by atoms with E-state index in [4.69, 9.17) is 4.74 Å². The quantitative estimate of drug-likeness (QED) is 0.835. The van der Waals surface area contributed by atoms with Crippen LogP contribution in [0.1, 0.15) is 38.9 Å². The summed E-state index contributed by atoms with van der Waals surface area (Å²) in [5, 5.41) is 3.27. The van der Waals surface area contributed by atoms with Crippen molar-refractivity contribution in [1.82, 2.24) is 9.97 Å². The lowest BCUT2D eigenvalue weighted by molar-refractivity contribution is 0.121. The summed E-state index contributed by atoms with van der Waals surface area (Å²) in [5.74, 6) is 1.56. The SMILES string of the molecule is CC(C)c1nc(NC2CCOC2C)cc(=O)[nH]1. The highest BCUT2D eigenvalue weighted by Gasteiger charge is 2.24. The van der Waals surface area contributed by atoms with Crippen LogP contribution >= 0.6 is 0 Å². The Morgan fingerprint density at radius 2 is 2.35 bits per heavy atom. The average Bonchev–Trinajstić information content (AvgIpc) is 2.63. The molecule has 1 aromatic heterocycles. The second-order valence-electron chi connectivity index (χ2n) is 4.79. The van der Waals surface area contributed by atoms with E-state index in [-0.39, 0.29) is 23.6 Å². The fourth-order valence-electron chi connectivity index (χ4n) is 1.94. The molecule has 94 valence electrons. The first-order chi connectivity index (χ1) is 8.06. The van der Waals surface area contributed by atoms with Crippen molar-refractivity contribution in [3.63, 3.8) is 0 Å². The molecule has 1 saturated heterocycles. The second-order valence-corrected chi connectivity index (χ2v) is 4.79. The van der Waals surface area contributed by atoms with E-state index in [1.54, 1.807) is 0 Å². The molecular weight excluding hydrogens is 218 g/mol. The molecule has 2 heterocycles. The topological polar surface area (TPSA) is 67.0 Å². The van der Waals surface area contributed by atoms with Crippen LogP contribution in [-0.4, -0.2) is 28.7 Å². The largest absolute Gasteiger partial charge is 0.376 e. The fraction of sp³-hybridized carbons (Fsp3) is 0.667. The van der Waals surface area contributed by atoms with Gasteiger partial charge in [0, 0.05) is 18.6 Å². The van der Waals surface area contributed by atoms with Gasteiger partial charge in [0.25, 0.3) is 5.56 Å². The van der Waals surface area contributed by atoms with E-state index in [9.17, 15) is 4.79 Å². The van der Waals surface area contributed by atoms with Gasteiger partial charge in [0.15, 0.2) is 0 Å². The van der Waals surface area contributed by atoms with E-state index in [0.717, 1.165) is 13.0 Å². The lowest BCUT2D eigenvalue weighted by Crippen LogP contribution is -2.28. The Bertz CT molecular complexity index is 442. The van der Waals surface area contributed by atoms with E-state index in [0.29, 0.717) is 11.6 Å². The summed E-state index contributed by atoms with van der Waals surface area (Å²) in [4.78, 5) is 18.7. The molecule has 0 aliphatic carbocycles. The first-order valence-electron chi connectivity index (χ1n) is 6.05. The Hall–Kier alpha value is -1.36. The van der Waals surface area contributed by atoms with E-state index in [1.807, 2.05) is 20.8 Å². The summed E-state index contributed by atoms with van der Waals surface area (Å²) in [6.07, 6.45) is 1.12. The maximum Gasteiger partial charge on any atom is 0.252 e. The van der Waals surface area contributed by atoms with Gasteiger partial charge in [0.1, 0.15) is 11.6 Å². The third-order valence-electron chi connectivity index (χ3n) is 3.02. The van der Waals surface area contributed by atoms with Crippen molar-refractivity contribution < 1.29 is 4.74 Å². The molecule has 1 fully saturated rings. The van der Waals surface area contributed by atoms with Crippen molar-refractivity contribution in [2.24, 2.45) is 0 Å². The average molecular weight is 237 g/mol. The van der Waals surface area contributed by atoms with Crippen LogP contribution in [-0.2, 0) is 4.74 Å². The number of aromatic amines is 1. The first-order valence-corrected chi connectivity index (χ1v) is 6.05. The molecule has 5 heteroatoms. The third-order valence-corrected chi connectivity index (χ3v) is 3.02. The number of anilines is 1. The lowest BCUT2D eigenvalue weighted by Gasteiger charge is -2.17. The number of hydrogen-bond donors (Lipinski definition) is 2. The number of rotatable bonds is 3. The first kappa shape index (κ1) is 12.1. The molecular formula is C12H19N3O2. The van der Waals surface area contributed by atoms with Gasteiger partial charge in [-0.05, 0) is 13.3 Å². The summed E-state index contributed by atoms with van der Waals surface area (Å²) in [7, 11) is 0. The van der Waals surface area contributed by atoms with E-state index < -0.39 is 0 Å². The Labute approximate surface area is 101 Å². The minimum Gasteiger partial charge on any atom is -0.376 e. The summed E-state index contributed by atoms with van der Waals surface area (Å²) >= 11 is 0. The molecule has 1 aromatic rings. The molecule has 2 unspecified atom stereocenters. The van der Waals surface area contributed by atoms with Gasteiger partial charge in [-0.2, -0.15) is 0 Å². The number of nitrogens with zero attached hydrogens (tertiary/aromatic N) is 1. The standard InChI is InChI=1S/C12H19N3O2/c1-7(2)12-14-10(6-11(16)15-12)13-9-4-5-17-8(9)3/h6-9H,4-5H2,1-3H3,(H2,13,14,15,16).